The summed E-state index contributed by atoms with van der Waals surface area (Å²) in [7, 11) is 0. The van der Waals surface area contributed by atoms with Crippen LogP contribution in [-0.4, -0.2) is 28.2 Å². The predicted molar refractivity (Wildman–Crippen MR) is 58.7 cm³/mol. The average Bonchev–Trinajstić information content (AvgIpc) is 2.52. The lowest BCUT2D eigenvalue weighted by Gasteiger charge is -2.33. The Morgan fingerprint density at radius 2 is 1.87 bits per heavy atom. The molecule has 2 saturated heterocycles. The quantitative estimate of drug-likeness (QED) is 0.616. The molecular formula is C12H21NO2. The summed E-state index contributed by atoms with van der Waals surface area (Å²) in [5.41, 5.74) is -0.303. The highest BCUT2D eigenvalue weighted by Crippen LogP contribution is 2.46. The zero-order valence-electron chi connectivity index (χ0n) is 10.2. The number of carbonyl (C=O) groups excluding carboxylic acids is 1. The third-order valence-corrected chi connectivity index (χ3v) is 3.57. The zero-order valence-corrected chi connectivity index (χ0v) is 10.2. The molecule has 3 nitrogen and oxygen atoms in total. The molecule has 2 aliphatic heterocycles. The van der Waals surface area contributed by atoms with Crippen LogP contribution in [0.25, 0.3) is 0 Å². The molecule has 2 heterocycles. The third-order valence-electron chi connectivity index (χ3n) is 3.57. The highest BCUT2D eigenvalue weighted by atomic mass is 16.6. The van der Waals surface area contributed by atoms with Gasteiger partial charge in [0.1, 0.15) is 5.60 Å². The van der Waals surface area contributed by atoms with Gasteiger partial charge in [0.15, 0.2) is 0 Å². The van der Waals surface area contributed by atoms with Gasteiger partial charge in [-0.1, -0.05) is 0 Å². The molecular weight excluding hydrogens is 190 g/mol. The molecule has 0 unspecified atom stereocenters. The SMILES string of the molecule is CC(C)(C)OC(=O)N1C2CCC1(C)CC2. The lowest BCUT2D eigenvalue weighted by Crippen LogP contribution is -2.45. The smallest absolute Gasteiger partial charge is 0.410 e. The standard InChI is InChI=1S/C12H21NO2/c1-11(2,3)15-10(14)13-9-5-7-12(13,4)8-6-9/h9H,5-8H2,1-4H3. The van der Waals surface area contributed by atoms with E-state index in [1.54, 1.807) is 0 Å². The number of rotatable bonds is 0. The van der Waals surface area contributed by atoms with Crippen LogP contribution in [-0.2, 0) is 4.74 Å². The molecule has 2 fully saturated rings. The van der Waals surface area contributed by atoms with Crippen molar-refractivity contribution in [3.63, 3.8) is 0 Å². The summed E-state index contributed by atoms with van der Waals surface area (Å²) in [5, 5.41) is 0. The second-order valence-corrected chi connectivity index (χ2v) is 6.08. The molecule has 1 amide bonds. The third kappa shape index (κ3) is 1.84. The molecule has 15 heavy (non-hydrogen) atoms. The molecule has 0 aromatic rings. The van der Waals surface area contributed by atoms with Crippen LogP contribution in [0.3, 0.4) is 0 Å². The lowest BCUT2D eigenvalue weighted by molar-refractivity contribution is 0.0120. The van der Waals surface area contributed by atoms with Crippen molar-refractivity contribution < 1.29 is 9.53 Å². The Kier molecular flexibility index (Phi) is 2.25. The van der Waals surface area contributed by atoms with Crippen molar-refractivity contribution in [2.75, 3.05) is 0 Å². The Morgan fingerprint density at radius 3 is 2.20 bits per heavy atom. The first-order valence-electron chi connectivity index (χ1n) is 5.84. The van der Waals surface area contributed by atoms with Crippen LogP contribution < -0.4 is 0 Å². The summed E-state index contributed by atoms with van der Waals surface area (Å²) in [4.78, 5) is 14.0. The Bertz CT molecular complexity index is 272. The molecule has 0 aliphatic carbocycles. The second-order valence-electron chi connectivity index (χ2n) is 6.08. The maximum Gasteiger partial charge on any atom is 0.410 e. The van der Waals surface area contributed by atoms with Gasteiger partial charge >= 0.3 is 6.09 Å². The minimum Gasteiger partial charge on any atom is -0.444 e. The van der Waals surface area contributed by atoms with E-state index in [2.05, 4.69) is 6.92 Å². The van der Waals surface area contributed by atoms with Gasteiger partial charge in [-0.3, -0.25) is 4.90 Å². The van der Waals surface area contributed by atoms with Crippen LogP contribution in [0.4, 0.5) is 4.79 Å². The maximum absolute atomic E-state index is 12.0. The van der Waals surface area contributed by atoms with Gasteiger partial charge in [-0.05, 0) is 53.4 Å². The molecule has 86 valence electrons. The van der Waals surface area contributed by atoms with E-state index >= 15 is 0 Å². The van der Waals surface area contributed by atoms with E-state index in [0.717, 1.165) is 25.7 Å². The van der Waals surface area contributed by atoms with Gasteiger partial charge in [-0.25, -0.2) is 4.79 Å². The first-order chi connectivity index (χ1) is 6.82. The van der Waals surface area contributed by atoms with Crippen molar-refractivity contribution in [1.29, 1.82) is 0 Å². The van der Waals surface area contributed by atoms with Crippen molar-refractivity contribution in [2.45, 2.75) is 70.6 Å². The molecule has 2 aliphatic rings. The van der Waals surface area contributed by atoms with Crippen LogP contribution in [0.5, 0.6) is 0 Å². The minimum absolute atomic E-state index is 0.0764. The van der Waals surface area contributed by atoms with E-state index < -0.39 is 0 Å². The normalized spacial score (nSPS) is 34.7. The van der Waals surface area contributed by atoms with Crippen molar-refractivity contribution in [1.82, 2.24) is 4.90 Å². The fraction of sp³-hybridized carbons (Fsp3) is 0.917. The largest absolute Gasteiger partial charge is 0.444 e. The van der Waals surface area contributed by atoms with E-state index in [0.29, 0.717) is 6.04 Å². The van der Waals surface area contributed by atoms with Crippen molar-refractivity contribution in [3.8, 4) is 0 Å². The van der Waals surface area contributed by atoms with Crippen LogP contribution in [0.2, 0.25) is 0 Å². The highest BCUT2D eigenvalue weighted by molar-refractivity contribution is 5.70. The number of carbonyl (C=O) groups is 1. The van der Waals surface area contributed by atoms with Crippen LogP contribution >= 0.6 is 0 Å². The summed E-state index contributed by atoms with van der Waals surface area (Å²) in [5.74, 6) is 0. The topological polar surface area (TPSA) is 29.5 Å². The number of nitrogens with zero attached hydrogens (tertiary/aromatic N) is 1. The molecule has 0 aromatic carbocycles. The predicted octanol–water partition coefficient (Wildman–Crippen LogP) is 2.94. The molecule has 0 radical (unpaired) electrons. The van der Waals surface area contributed by atoms with Crippen molar-refractivity contribution in [3.05, 3.63) is 0 Å². The van der Waals surface area contributed by atoms with Gasteiger partial charge in [0.05, 0.1) is 0 Å². The van der Waals surface area contributed by atoms with Crippen LogP contribution in [0, 0.1) is 0 Å². The number of amides is 1. The molecule has 0 spiro atoms. The first-order valence-corrected chi connectivity index (χ1v) is 5.84. The fourth-order valence-electron chi connectivity index (χ4n) is 2.84. The summed E-state index contributed by atoms with van der Waals surface area (Å²) in [6, 6.07) is 0.435. The van der Waals surface area contributed by atoms with E-state index in [1.165, 1.54) is 0 Å². The molecule has 0 aromatic heterocycles. The molecule has 3 heteroatoms. The monoisotopic (exact) mass is 211 g/mol. The van der Waals surface area contributed by atoms with Gasteiger partial charge in [0, 0.05) is 11.6 Å². The van der Waals surface area contributed by atoms with Gasteiger partial charge in [0.2, 0.25) is 0 Å². The number of hydrogen-bond donors (Lipinski definition) is 0. The van der Waals surface area contributed by atoms with E-state index in [1.807, 2.05) is 25.7 Å². The van der Waals surface area contributed by atoms with Crippen LogP contribution in [0.1, 0.15) is 53.4 Å². The summed E-state index contributed by atoms with van der Waals surface area (Å²) in [6.45, 7) is 7.95. The second kappa shape index (κ2) is 3.13. The lowest BCUT2D eigenvalue weighted by atomic mass is 9.90. The Hall–Kier alpha value is -0.730. The number of hydrogen-bond acceptors (Lipinski definition) is 2. The van der Waals surface area contributed by atoms with Crippen molar-refractivity contribution in [2.24, 2.45) is 0 Å². The van der Waals surface area contributed by atoms with E-state index in [9.17, 15) is 4.79 Å². The zero-order chi connectivity index (χ0) is 11.3. The number of ether oxygens (including phenoxy) is 1. The Morgan fingerprint density at radius 1 is 1.33 bits per heavy atom. The first kappa shape index (κ1) is 10.8. The minimum atomic E-state index is -0.379. The summed E-state index contributed by atoms with van der Waals surface area (Å²) < 4.78 is 5.45. The molecule has 2 bridgehead atoms. The average molecular weight is 211 g/mol. The van der Waals surface area contributed by atoms with Crippen molar-refractivity contribution >= 4 is 6.09 Å². The summed E-state index contributed by atoms with van der Waals surface area (Å²) >= 11 is 0. The van der Waals surface area contributed by atoms with Crippen LogP contribution in [0.15, 0.2) is 0 Å². The highest BCUT2D eigenvalue weighted by Gasteiger charge is 2.51. The maximum atomic E-state index is 12.0. The molecule has 0 saturated carbocycles. The fourth-order valence-corrected chi connectivity index (χ4v) is 2.84. The Balaban J connectivity index is 2.09. The van der Waals surface area contributed by atoms with E-state index in [4.69, 9.17) is 4.74 Å². The van der Waals surface area contributed by atoms with Gasteiger partial charge < -0.3 is 4.74 Å². The molecule has 2 rings (SSSR count). The van der Waals surface area contributed by atoms with Gasteiger partial charge in [-0.15, -0.1) is 0 Å². The van der Waals surface area contributed by atoms with E-state index in [-0.39, 0.29) is 17.2 Å². The summed E-state index contributed by atoms with van der Waals surface area (Å²) in [6.07, 6.45) is 4.45. The number of fused-ring (bicyclic) bond motifs is 2. The Labute approximate surface area is 91.8 Å². The molecule has 0 N–H and O–H groups in total. The van der Waals surface area contributed by atoms with Gasteiger partial charge in [0.25, 0.3) is 0 Å². The van der Waals surface area contributed by atoms with Gasteiger partial charge in [-0.2, -0.15) is 0 Å². The molecule has 0 atom stereocenters.